The van der Waals surface area contributed by atoms with Crippen molar-refractivity contribution in [2.24, 2.45) is 0 Å². The van der Waals surface area contributed by atoms with Crippen molar-refractivity contribution < 1.29 is 8.42 Å². The van der Waals surface area contributed by atoms with Crippen molar-refractivity contribution >= 4 is 9.84 Å². The Morgan fingerprint density at radius 1 is 1.11 bits per heavy atom. The molecular weight excluding hydrogens is 246 g/mol. The van der Waals surface area contributed by atoms with Crippen molar-refractivity contribution in [3.8, 4) is 0 Å². The topological polar surface area (TPSA) is 37.4 Å². The zero-order valence-corrected chi connectivity index (χ0v) is 11.7. The molecule has 3 nitrogen and oxygen atoms in total. The van der Waals surface area contributed by atoms with Crippen LogP contribution in [0.4, 0.5) is 0 Å². The molecule has 0 aliphatic carbocycles. The van der Waals surface area contributed by atoms with E-state index in [1.165, 1.54) is 19.3 Å². The standard InChI is InChI=1S/C14H21NO2S/c1-13(15-10-6-3-7-11-15)12-18(16,17)14-8-4-2-5-9-14/h2,4-5,8-9,13H,3,6-7,10-12H2,1H3/t13-/m1/s1. The number of rotatable bonds is 4. The second-order valence-electron chi connectivity index (χ2n) is 5.04. The molecule has 0 amide bonds. The first-order chi connectivity index (χ1) is 8.59. The number of hydrogen-bond donors (Lipinski definition) is 0. The number of benzene rings is 1. The predicted molar refractivity (Wildman–Crippen MR) is 73.4 cm³/mol. The highest BCUT2D eigenvalue weighted by atomic mass is 32.2. The molecule has 1 aromatic carbocycles. The van der Waals surface area contributed by atoms with Crippen molar-refractivity contribution in [1.29, 1.82) is 0 Å². The summed E-state index contributed by atoms with van der Waals surface area (Å²) in [6.45, 7) is 4.09. The lowest BCUT2D eigenvalue weighted by molar-refractivity contribution is 0.186. The van der Waals surface area contributed by atoms with Crippen LogP contribution < -0.4 is 0 Å². The summed E-state index contributed by atoms with van der Waals surface area (Å²) in [4.78, 5) is 2.73. The molecule has 100 valence electrons. The highest BCUT2D eigenvalue weighted by Crippen LogP contribution is 2.17. The Labute approximate surface area is 110 Å². The lowest BCUT2D eigenvalue weighted by Crippen LogP contribution is -2.41. The zero-order valence-electron chi connectivity index (χ0n) is 10.9. The molecule has 1 heterocycles. The van der Waals surface area contributed by atoms with Crippen molar-refractivity contribution in [1.82, 2.24) is 4.90 Å². The van der Waals surface area contributed by atoms with Gasteiger partial charge >= 0.3 is 0 Å². The van der Waals surface area contributed by atoms with E-state index in [1.54, 1.807) is 24.3 Å². The van der Waals surface area contributed by atoms with Crippen LogP contribution in [-0.2, 0) is 9.84 Å². The third-order valence-electron chi connectivity index (χ3n) is 3.58. The van der Waals surface area contributed by atoms with Gasteiger partial charge in [-0.2, -0.15) is 0 Å². The largest absolute Gasteiger partial charge is 0.300 e. The summed E-state index contributed by atoms with van der Waals surface area (Å²) < 4.78 is 24.5. The fraction of sp³-hybridized carbons (Fsp3) is 0.571. The molecule has 0 spiro atoms. The first-order valence-electron chi connectivity index (χ1n) is 6.61. The van der Waals surface area contributed by atoms with Crippen molar-refractivity contribution in [3.05, 3.63) is 30.3 Å². The molecule has 18 heavy (non-hydrogen) atoms. The normalized spacial score (nSPS) is 19.6. The SMILES string of the molecule is C[C@H](CS(=O)(=O)c1ccccc1)N1CCCCC1. The van der Waals surface area contributed by atoms with Gasteiger partial charge in [0.1, 0.15) is 0 Å². The van der Waals surface area contributed by atoms with Gasteiger partial charge in [-0.05, 0) is 45.0 Å². The van der Waals surface area contributed by atoms with Gasteiger partial charge in [0.25, 0.3) is 0 Å². The van der Waals surface area contributed by atoms with Crippen LogP contribution in [0.1, 0.15) is 26.2 Å². The van der Waals surface area contributed by atoms with E-state index in [1.807, 2.05) is 13.0 Å². The van der Waals surface area contributed by atoms with Gasteiger partial charge in [-0.15, -0.1) is 0 Å². The summed E-state index contributed by atoms with van der Waals surface area (Å²) >= 11 is 0. The number of piperidine rings is 1. The van der Waals surface area contributed by atoms with E-state index in [0.717, 1.165) is 13.1 Å². The molecule has 1 aliphatic rings. The lowest BCUT2D eigenvalue weighted by atomic mass is 10.1. The number of likely N-dealkylation sites (tertiary alicyclic amines) is 1. The summed E-state index contributed by atoms with van der Waals surface area (Å²) in [5.41, 5.74) is 0. The van der Waals surface area contributed by atoms with Crippen LogP contribution in [0.25, 0.3) is 0 Å². The molecule has 0 radical (unpaired) electrons. The van der Waals surface area contributed by atoms with Gasteiger partial charge in [0.05, 0.1) is 10.6 Å². The van der Waals surface area contributed by atoms with Gasteiger partial charge in [0, 0.05) is 6.04 Å². The Morgan fingerprint density at radius 3 is 2.33 bits per heavy atom. The summed E-state index contributed by atoms with van der Waals surface area (Å²) in [6.07, 6.45) is 3.65. The summed E-state index contributed by atoms with van der Waals surface area (Å²) in [7, 11) is -3.15. The molecule has 1 aromatic rings. The quantitative estimate of drug-likeness (QED) is 0.840. The average molecular weight is 267 g/mol. The van der Waals surface area contributed by atoms with Gasteiger partial charge in [0.2, 0.25) is 0 Å². The minimum atomic E-state index is -3.15. The Kier molecular flexibility index (Phi) is 4.40. The number of sulfone groups is 1. The second kappa shape index (κ2) is 5.85. The van der Waals surface area contributed by atoms with E-state index >= 15 is 0 Å². The van der Waals surface area contributed by atoms with Crippen LogP contribution in [0, 0.1) is 0 Å². The van der Waals surface area contributed by atoms with E-state index in [4.69, 9.17) is 0 Å². The number of nitrogens with zero attached hydrogens (tertiary/aromatic N) is 1. The predicted octanol–water partition coefficient (Wildman–Crippen LogP) is 2.33. The Morgan fingerprint density at radius 2 is 1.72 bits per heavy atom. The number of hydrogen-bond acceptors (Lipinski definition) is 3. The Bertz CT molecular complexity index is 464. The highest BCUT2D eigenvalue weighted by Gasteiger charge is 2.23. The van der Waals surface area contributed by atoms with E-state index in [2.05, 4.69) is 4.90 Å². The molecule has 0 saturated carbocycles. The molecule has 0 aromatic heterocycles. The summed E-state index contributed by atoms with van der Waals surface area (Å²) in [5, 5.41) is 0. The van der Waals surface area contributed by atoms with Gasteiger partial charge in [-0.3, -0.25) is 4.90 Å². The van der Waals surface area contributed by atoms with E-state index in [0.29, 0.717) is 4.90 Å². The molecule has 0 unspecified atom stereocenters. The van der Waals surface area contributed by atoms with E-state index < -0.39 is 9.84 Å². The molecular formula is C14H21NO2S. The van der Waals surface area contributed by atoms with Crippen LogP contribution >= 0.6 is 0 Å². The van der Waals surface area contributed by atoms with Crippen molar-refractivity contribution in [3.63, 3.8) is 0 Å². The maximum atomic E-state index is 12.3. The van der Waals surface area contributed by atoms with Crippen LogP contribution in [0.2, 0.25) is 0 Å². The minimum absolute atomic E-state index is 0.107. The second-order valence-corrected chi connectivity index (χ2v) is 7.07. The molecule has 1 fully saturated rings. The lowest BCUT2D eigenvalue weighted by Gasteiger charge is -2.32. The maximum absolute atomic E-state index is 12.3. The van der Waals surface area contributed by atoms with Gasteiger partial charge in [-0.1, -0.05) is 24.6 Å². The fourth-order valence-electron chi connectivity index (χ4n) is 2.51. The van der Waals surface area contributed by atoms with Crippen LogP contribution in [-0.4, -0.2) is 38.2 Å². The highest BCUT2D eigenvalue weighted by molar-refractivity contribution is 7.91. The van der Waals surface area contributed by atoms with Crippen LogP contribution in [0.15, 0.2) is 35.2 Å². The minimum Gasteiger partial charge on any atom is -0.300 e. The maximum Gasteiger partial charge on any atom is 0.179 e. The first kappa shape index (κ1) is 13.6. The van der Waals surface area contributed by atoms with E-state index in [9.17, 15) is 8.42 Å². The third kappa shape index (κ3) is 3.33. The van der Waals surface area contributed by atoms with Crippen LogP contribution in [0.3, 0.4) is 0 Å². The van der Waals surface area contributed by atoms with Gasteiger partial charge in [0.15, 0.2) is 9.84 Å². The summed E-state index contributed by atoms with van der Waals surface area (Å²) in [6, 6.07) is 8.86. The van der Waals surface area contributed by atoms with E-state index in [-0.39, 0.29) is 11.8 Å². The van der Waals surface area contributed by atoms with Crippen molar-refractivity contribution in [2.75, 3.05) is 18.8 Å². The zero-order chi connectivity index (χ0) is 13.0. The third-order valence-corrected chi connectivity index (χ3v) is 5.49. The first-order valence-corrected chi connectivity index (χ1v) is 8.27. The van der Waals surface area contributed by atoms with Crippen LogP contribution in [0.5, 0.6) is 0 Å². The molecule has 4 heteroatoms. The molecule has 0 N–H and O–H groups in total. The average Bonchev–Trinajstić information content (AvgIpc) is 2.40. The molecule has 2 rings (SSSR count). The van der Waals surface area contributed by atoms with Gasteiger partial charge in [-0.25, -0.2) is 8.42 Å². The molecule has 0 bridgehead atoms. The monoisotopic (exact) mass is 267 g/mol. The molecule has 1 saturated heterocycles. The Hall–Kier alpha value is -0.870. The van der Waals surface area contributed by atoms with Crippen molar-refractivity contribution in [2.45, 2.75) is 37.1 Å². The summed E-state index contributed by atoms with van der Waals surface area (Å²) in [5.74, 6) is 0.219. The molecule has 1 aliphatic heterocycles. The smallest absolute Gasteiger partial charge is 0.179 e. The Balaban J connectivity index is 2.04. The molecule has 1 atom stereocenters. The fourth-order valence-corrected chi connectivity index (χ4v) is 4.12. The van der Waals surface area contributed by atoms with Gasteiger partial charge < -0.3 is 0 Å².